The number of urea groups is 1. The Labute approximate surface area is 235 Å². The molecule has 11 heteroatoms. The van der Waals surface area contributed by atoms with Crippen molar-refractivity contribution in [3.8, 4) is 0 Å². The zero-order valence-corrected chi connectivity index (χ0v) is 23.2. The second kappa shape index (κ2) is 9.74. The van der Waals surface area contributed by atoms with Crippen molar-refractivity contribution < 1.29 is 19.2 Å². The van der Waals surface area contributed by atoms with Crippen LogP contribution in [-0.2, 0) is 24.2 Å². The number of likely N-dealkylation sites (tertiary alicyclic amines) is 1. The number of carbonyl (C=O) groups excluding carboxylic acids is 4. The van der Waals surface area contributed by atoms with Crippen molar-refractivity contribution in [2.45, 2.75) is 64.3 Å². The summed E-state index contributed by atoms with van der Waals surface area (Å²) in [5.41, 5.74) is 4.24. The van der Waals surface area contributed by atoms with Crippen LogP contribution in [0.4, 0.5) is 4.79 Å². The number of imide groups is 2. The van der Waals surface area contributed by atoms with E-state index < -0.39 is 23.8 Å². The maximum absolute atomic E-state index is 13.2. The Balaban J connectivity index is 1.05. The number of amides is 5. The predicted octanol–water partition coefficient (Wildman–Crippen LogP) is 3.71. The number of thiophene rings is 1. The summed E-state index contributed by atoms with van der Waals surface area (Å²) in [5.74, 6) is -0.246. The molecular formula is C29H30N6O4S. The predicted molar refractivity (Wildman–Crippen MR) is 148 cm³/mol. The first-order valence-corrected chi connectivity index (χ1v) is 14.8. The highest BCUT2D eigenvalue weighted by atomic mass is 32.1. The number of nitrogens with one attached hydrogen (secondary N) is 1. The van der Waals surface area contributed by atoms with Crippen molar-refractivity contribution in [1.29, 1.82) is 0 Å². The Morgan fingerprint density at radius 3 is 2.52 bits per heavy atom. The van der Waals surface area contributed by atoms with E-state index in [1.54, 1.807) is 12.1 Å². The molecule has 5 amide bonds. The first-order chi connectivity index (χ1) is 19.4. The van der Waals surface area contributed by atoms with Crippen LogP contribution in [-0.4, -0.2) is 68.3 Å². The number of hydrazine groups is 1. The quantitative estimate of drug-likeness (QED) is 0.486. The average Bonchev–Trinajstić information content (AvgIpc) is 3.43. The number of rotatable bonds is 4. The molecule has 0 spiro atoms. The monoisotopic (exact) mass is 558 g/mol. The number of piperidine rings is 1. The summed E-state index contributed by atoms with van der Waals surface area (Å²) >= 11 is 1.86. The van der Waals surface area contributed by atoms with Gasteiger partial charge in [-0.05, 0) is 81.8 Å². The van der Waals surface area contributed by atoms with Crippen LogP contribution in [0.25, 0.3) is 10.2 Å². The molecule has 1 aromatic carbocycles. The lowest BCUT2D eigenvalue weighted by Crippen LogP contribution is -2.58. The van der Waals surface area contributed by atoms with Crippen LogP contribution >= 0.6 is 11.3 Å². The largest absolute Gasteiger partial charge is 0.343 e. The van der Waals surface area contributed by atoms with Crippen LogP contribution in [0.1, 0.15) is 86.3 Å². The molecule has 2 aromatic heterocycles. The van der Waals surface area contributed by atoms with E-state index in [2.05, 4.69) is 10.2 Å². The zero-order valence-electron chi connectivity index (χ0n) is 22.4. The Kier molecular flexibility index (Phi) is 6.16. The number of hydrogen-bond acceptors (Lipinski definition) is 8. The first kappa shape index (κ1) is 25.3. The number of benzene rings is 1. The van der Waals surface area contributed by atoms with Crippen LogP contribution in [0.5, 0.6) is 0 Å². The SMILES string of the molecule is Cc1nc(C2CCN(Cc3ccc4c(c3)C(=O)N(N3CCC(=O)NC3=O)C4=O)CC2)c2c3c(sc2n1)CCCC3. The summed E-state index contributed by atoms with van der Waals surface area (Å²) in [6.07, 6.45) is 6.84. The minimum Gasteiger partial charge on any atom is -0.299 e. The standard InChI is InChI=1S/C29H30N6O4S/c1-16-30-25(24-20-4-2-3-5-22(20)40-26(24)31-16)18-8-11-33(12-9-18)15-17-6-7-19-21(14-17)28(38)35(27(19)37)34-13-10-23(36)32-29(34)39/h6-7,14,18H,2-5,8-13,15H2,1H3,(H,32,36,39). The molecular weight excluding hydrogens is 528 g/mol. The molecule has 7 rings (SSSR count). The molecule has 40 heavy (non-hydrogen) atoms. The van der Waals surface area contributed by atoms with Gasteiger partial charge in [0.1, 0.15) is 10.7 Å². The summed E-state index contributed by atoms with van der Waals surface area (Å²) in [4.78, 5) is 64.7. The molecule has 3 aromatic rings. The van der Waals surface area contributed by atoms with Gasteiger partial charge in [-0.3, -0.25) is 24.6 Å². The molecule has 0 atom stereocenters. The van der Waals surface area contributed by atoms with Crippen LogP contribution < -0.4 is 5.32 Å². The lowest BCUT2D eigenvalue weighted by Gasteiger charge is -2.32. The third-order valence-electron chi connectivity index (χ3n) is 8.54. The van der Waals surface area contributed by atoms with E-state index in [-0.39, 0.29) is 18.5 Å². The maximum Gasteiger partial charge on any atom is 0.343 e. The fourth-order valence-corrected chi connectivity index (χ4v) is 7.87. The van der Waals surface area contributed by atoms with E-state index in [1.807, 2.05) is 24.3 Å². The minimum atomic E-state index is -0.757. The van der Waals surface area contributed by atoms with Crippen molar-refractivity contribution >= 4 is 45.3 Å². The highest BCUT2D eigenvalue weighted by Crippen LogP contribution is 2.41. The van der Waals surface area contributed by atoms with Crippen molar-refractivity contribution in [2.75, 3.05) is 19.6 Å². The molecule has 0 bridgehead atoms. The smallest absolute Gasteiger partial charge is 0.299 e. The van der Waals surface area contributed by atoms with Gasteiger partial charge >= 0.3 is 6.03 Å². The summed E-state index contributed by atoms with van der Waals surface area (Å²) in [6.45, 7) is 4.49. The van der Waals surface area contributed by atoms with Gasteiger partial charge in [-0.1, -0.05) is 6.07 Å². The van der Waals surface area contributed by atoms with Crippen LogP contribution in [0.15, 0.2) is 18.2 Å². The summed E-state index contributed by atoms with van der Waals surface area (Å²) in [5, 5.41) is 5.37. The van der Waals surface area contributed by atoms with Crippen molar-refractivity contribution in [1.82, 2.24) is 30.2 Å². The second-order valence-electron chi connectivity index (χ2n) is 11.1. The lowest BCUT2D eigenvalue weighted by molar-refractivity contribution is -0.122. The average molecular weight is 559 g/mol. The van der Waals surface area contributed by atoms with E-state index in [0.717, 1.165) is 65.0 Å². The van der Waals surface area contributed by atoms with Crippen molar-refractivity contribution in [3.63, 3.8) is 0 Å². The number of hydrogen-bond donors (Lipinski definition) is 1. The summed E-state index contributed by atoms with van der Waals surface area (Å²) < 4.78 is 0. The number of nitrogens with zero attached hydrogens (tertiary/aromatic N) is 5. The molecule has 2 fully saturated rings. The van der Waals surface area contributed by atoms with E-state index in [0.29, 0.717) is 18.0 Å². The molecule has 1 N–H and O–H groups in total. The molecule has 1 aliphatic carbocycles. The molecule has 10 nitrogen and oxygen atoms in total. The summed E-state index contributed by atoms with van der Waals surface area (Å²) in [6, 6.07) is 4.57. The van der Waals surface area contributed by atoms with E-state index >= 15 is 0 Å². The highest BCUT2D eigenvalue weighted by molar-refractivity contribution is 7.18. The van der Waals surface area contributed by atoms with Crippen molar-refractivity contribution in [2.24, 2.45) is 0 Å². The Morgan fingerprint density at radius 2 is 1.73 bits per heavy atom. The Hall–Kier alpha value is -3.70. The fourth-order valence-electron chi connectivity index (χ4n) is 6.55. The lowest BCUT2D eigenvalue weighted by atomic mass is 9.88. The molecule has 2 saturated heterocycles. The number of aromatic nitrogens is 2. The van der Waals surface area contributed by atoms with Gasteiger partial charge in [0, 0.05) is 29.1 Å². The normalized spacial score (nSPS) is 20.3. The summed E-state index contributed by atoms with van der Waals surface area (Å²) in [7, 11) is 0. The van der Waals surface area contributed by atoms with Gasteiger partial charge in [0.05, 0.1) is 23.4 Å². The maximum atomic E-state index is 13.2. The number of carbonyl (C=O) groups is 4. The Bertz CT molecular complexity index is 1590. The molecule has 4 aliphatic rings. The molecule has 0 radical (unpaired) electrons. The van der Waals surface area contributed by atoms with Gasteiger partial charge in [0.2, 0.25) is 5.91 Å². The number of aryl methyl sites for hydroxylation is 3. The van der Waals surface area contributed by atoms with Gasteiger partial charge in [0.15, 0.2) is 0 Å². The van der Waals surface area contributed by atoms with E-state index in [1.165, 1.54) is 34.4 Å². The number of fused-ring (bicyclic) bond motifs is 4. The minimum absolute atomic E-state index is 0.00964. The van der Waals surface area contributed by atoms with Gasteiger partial charge in [-0.15, -0.1) is 11.3 Å². The highest BCUT2D eigenvalue weighted by Gasteiger charge is 2.43. The fraction of sp³-hybridized carbons (Fsp3) is 0.448. The van der Waals surface area contributed by atoms with E-state index in [9.17, 15) is 19.2 Å². The van der Waals surface area contributed by atoms with E-state index in [4.69, 9.17) is 9.97 Å². The van der Waals surface area contributed by atoms with Gasteiger partial charge in [-0.2, -0.15) is 5.01 Å². The van der Waals surface area contributed by atoms with Crippen LogP contribution in [0.2, 0.25) is 0 Å². The third kappa shape index (κ3) is 4.19. The first-order valence-electron chi connectivity index (χ1n) is 14.0. The molecule has 0 unspecified atom stereocenters. The zero-order chi connectivity index (χ0) is 27.5. The van der Waals surface area contributed by atoms with Crippen LogP contribution in [0.3, 0.4) is 0 Å². The van der Waals surface area contributed by atoms with Crippen LogP contribution in [0, 0.1) is 6.92 Å². The molecule has 0 saturated carbocycles. The molecule has 5 heterocycles. The third-order valence-corrected chi connectivity index (χ3v) is 9.72. The van der Waals surface area contributed by atoms with Gasteiger partial charge in [-0.25, -0.2) is 19.8 Å². The van der Waals surface area contributed by atoms with Gasteiger partial charge < -0.3 is 0 Å². The Morgan fingerprint density at radius 1 is 0.950 bits per heavy atom. The van der Waals surface area contributed by atoms with Gasteiger partial charge in [0.25, 0.3) is 11.8 Å². The topological polar surface area (TPSA) is 116 Å². The molecule has 206 valence electrons. The molecule has 3 aliphatic heterocycles. The second-order valence-corrected chi connectivity index (χ2v) is 12.2. The van der Waals surface area contributed by atoms with Crippen molar-refractivity contribution in [3.05, 3.63) is 56.8 Å².